The monoisotopic (exact) mass is 816 g/mol. The number of benzene rings is 4. The van der Waals surface area contributed by atoms with Crippen molar-refractivity contribution >= 4 is 32.3 Å². The van der Waals surface area contributed by atoms with E-state index in [4.69, 9.17) is 0 Å². The average molecular weight is 816 g/mol. The molecule has 0 aromatic heterocycles. The maximum atomic E-state index is 13.1. The molecule has 0 aliphatic heterocycles. The van der Waals surface area contributed by atoms with Gasteiger partial charge < -0.3 is 28.4 Å². The zero-order valence-corrected chi connectivity index (χ0v) is 26.0. The molecule has 0 aliphatic rings. The third kappa shape index (κ3) is 12.1. The predicted molar refractivity (Wildman–Crippen MR) is 148 cm³/mol. The summed E-state index contributed by atoms with van der Waals surface area (Å²) in [5.74, 6) is -6.59. The molecule has 54 heavy (non-hydrogen) atoms. The molecule has 0 aliphatic carbocycles. The van der Waals surface area contributed by atoms with Crippen LogP contribution in [0.4, 0.5) is 79.0 Å². The Kier molecular flexibility index (Phi) is 11.5. The van der Waals surface area contributed by atoms with Crippen LogP contribution < -0.4 is 28.4 Å². The van der Waals surface area contributed by atoms with Gasteiger partial charge in [0.05, 0.1) is 0 Å². The minimum atomic E-state index is -5.14. The molecule has 0 atom stereocenters. The topological polar surface area (TPSA) is 55.4 Å². The van der Waals surface area contributed by atoms with Gasteiger partial charge in [-0.1, -0.05) is 0 Å². The molecule has 4 aromatic rings. The van der Waals surface area contributed by atoms with Crippen molar-refractivity contribution in [1.82, 2.24) is 0 Å². The van der Waals surface area contributed by atoms with Crippen molar-refractivity contribution in [2.45, 2.75) is 37.1 Å². The molecule has 0 heterocycles. The third-order valence-corrected chi connectivity index (χ3v) is 6.47. The van der Waals surface area contributed by atoms with Crippen molar-refractivity contribution in [2.75, 3.05) is 39.6 Å². The van der Waals surface area contributed by atoms with E-state index in [2.05, 4.69) is 28.4 Å². The molecule has 300 valence electrons. The lowest BCUT2D eigenvalue weighted by atomic mass is 9.93. The van der Waals surface area contributed by atoms with Crippen LogP contribution in [0.1, 0.15) is 0 Å². The van der Waals surface area contributed by atoms with Gasteiger partial charge in [0.15, 0.2) is 74.1 Å². The molecule has 0 N–H and O–H groups in total. The van der Waals surface area contributed by atoms with E-state index in [0.717, 1.165) is 0 Å². The number of hydrogen-bond donors (Lipinski definition) is 0. The van der Waals surface area contributed by atoms with E-state index in [1.165, 1.54) is 0 Å². The fourth-order valence-electron chi connectivity index (χ4n) is 4.65. The van der Waals surface area contributed by atoms with Crippen molar-refractivity contribution in [3.8, 4) is 34.5 Å². The van der Waals surface area contributed by atoms with Crippen molar-refractivity contribution < 1.29 is 107 Å². The van der Waals surface area contributed by atoms with Gasteiger partial charge in [0.1, 0.15) is 0 Å². The highest BCUT2D eigenvalue weighted by atomic mass is 19.4. The number of rotatable bonds is 12. The Hall–Kier alpha value is -4.80. The number of fused-ring (bicyclic) bond motifs is 6. The first-order valence-electron chi connectivity index (χ1n) is 14.2. The summed E-state index contributed by atoms with van der Waals surface area (Å²) in [7, 11) is 0. The summed E-state index contributed by atoms with van der Waals surface area (Å²) in [5.41, 5.74) is 0. The maximum absolute atomic E-state index is 13.1. The first-order valence-corrected chi connectivity index (χ1v) is 14.2. The van der Waals surface area contributed by atoms with E-state index in [0.29, 0.717) is 36.4 Å². The zero-order chi connectivity index (χ0) is 40.7. The standard InChI is InChI=1S/C30H18F18O6/c31-25(32,33)7-49-19-1-13-14(2-20(19)50-8-26(34,35)36)16-4-23(53-11-29(43,44)45)24(54-12-30(46,47)48)6-18(16)17-5-22(52-10-28(40,41)42)21(3-15(13)17)51-9-27(37,38)39/h1-6H,7-12H2. The zero-order valence-electron chi connectivity index (χ0n) is 26.0. The Bertz CT molecular complexity index is 1570. The molecule has 4 rings (SSSR count). The Morgan fingerprint density at radius 2 is 0.352 bits per heavy atom. The van der Waals surface area contributed by atoms with Gasteiger partial charge in [-0.15, -0.1) is 0 Å². The van der Waals surface area contributed by atoms with Crippen LogP contribution in [0.3, 0.4) is 0 Å². The number of alkyl halides is 18. The number of halogens is 18. The molecule has 0 unspecified atom stereocenters. The average Bonchev–Trinajstić information content (AvgIpc) is 2.99. The minimum absolute atomic E-state index is 0.515. The second-order valence-electron chi connectivity index (χ2n) is 11.0. The van der Waals surface area contributed by atoms with Crippen LogP contribution in [0, 0.1) is 0 Å². The molecule has 0 amide bonds. The largest absolute Gasteiger partial charge is 0.480 e. The molecule has 0 saturated carbocycles. The van der Waals surface area contributed by atoms with Gasteiger partial charge in [-0.25, -0.2) is 0 Å². The molecule has 0 radical (unpaired) electrons. The Balaban J connectivity index is 2.17. The van der Waals surface area contributed by atoms with Crippen LogP contribution in [0.2, 0.25) is 0 Å². The Morgan fingerprint density at radius 1 is 0.241 bits per heavy atom. The Morgan fingerprint density at radius 3 is 0.444 bits per heavy atom. The predicted octanol–water partition coefficient (Wildman–Crippen LogP) is 10.8. The van der Waals surface area contributed by atoms with Crippen molar-refractivity contribution in [3.63, 3.8) is 0 Å². The first-order chi connectivity index (χ1) is 24.5. The summed E-state index contributed by atoms with van der Waals surface area (Å²) in [6.45, 7) is -13.0. The van der Waals surface area contributed by atoms with Gasteiger partial charge in [0.2, 0.25) is 0 Å². The van der Waals surface area contributed by atoms with Crippen molar-refractivity contribution in [1.29, 1.82) is 0 Å². The third-order valence-electron chi connectivity index (χ3n) is 6.47. The van der Waals surface area contributed by atoms with E-state index >= 15 is 0 Å². The summed E-state index contributed by atoms with van der Waals surface area (Å²) in [6, 6.07) is 3.35. The highest BCUT2D eigenvalue weighted by Gasteiger charge is 2.35. The van der Waals surface area contributed by atoms with Gasteiger partial charge in [-0.05, 0) is 68.7 Å². The SMILES string of the molecule is FC(F)(F)COc1cc2c3cc(OCC(F)(F)F)c(OCC(F)(F)F)cc3c3cc(OCC(F)(F)F)c(OCC(F)(F)F)cc3c2cc1OCC(F)(F)F. The highest BCUT2D eigenvalue weighted by molar-refractivity contribution is 6.26. The Labute approximate surface area is 288 Å². The fourth-order valence-corrected chi connectivity index (χ4v) is 4.65. The lowest BCUT2D eigenvalue weighted by molar-refractivity contribution is -0.158. The van der Waals surface area contributed by atoms with Crippen molar-refractivity contribution in [2.24, 2.45) is 0 Å². The molecule has 4 aromatic carbocycles. The lowest BCUT2D eigenvalue weighted by Crippen LogP contribution is -2.22. The van der Waals surface area contributed by atoms with Crippen molar-refractivity contribution in [3.05, 3.63) is 36.4 Å². The summed E-state index contributed by atoms with van der Waals surface area (Å²) in [6.07, 6.45) is -30.8. The van der Waals surface area contributed by atoms with E-state index in [-0.39, 0.29) is 0 Å². The molecule has 0 spiro atoms. The maximum Gasteiger partial charge on any atom is 0.422 e. The van der Waals surface area contributed by atoms with E-state index in [1.54, 1.807) is 0 Å². The smallest absolute Gasteiger partial charge is 0.422 e. The summed E-state index contributed by atoms with van der Waals surface area (Å²) in [4.78, 5) is 0. The van der Waals surface area contributed by atoms with Crippen LogP contribution in [-0.4, -0.2) is 76.7 Å². The molecular weight excluding hydrogens is 798 g/mol. The van der Waals surface area contributed by atoms with Gasteiger partial charge in [-0.3, -0.25) is 0 Å². The van der Waals surface area contributed by atoms with Gasteiger partial charge in [-0.2, -0.15) is 79.0 Å². The highest BCUT2D eigenvalue weighted by Crippen LogP contribution is 2.48. The van der Waals surface area contributed by atoms with E-state index in [9.17, 15) is 79.0 Å². The first kappa shape index (κ1) is 41.9. The van der Waals surface area contributed by atoms with E-state index in [1.807, 2.05) is 0 Å². The molecule has 6 nitrogen and oxygen atoms in total. The number of hydrogen-bond acceptors (Lipinski definition) is 6. The number of ether oxygens (including phenoxy) is 6. The molecule has 0 bridgehead atoms. The van der Waals surface area contributed by atoms with E-state index < -0.39 is 144 Å². The minimum Gasteiger partial charge on any atom is -0.480 e. The normalized spacial score (nSPS) is 13.4. The van der Waals surface area contributed by atoms with Crippen LogP contribution >= 0.6 is 0 Å². The molecule has 0 saturated heterocycles. The quantitative estimate of drug-likeness (QED) is 0.105. The van der Waals surface area contributed by atoms with Crippen LogP contribution in [0.25, 0.3) is 32.3 Å². The van der Waals surface area contributed by atoms with Gasteiger partial charge >= 0.3 is 37.1 Å². The van der Waals surface area contributed by atoms with Gasteiger partial charge in [0, 0.05) is 0 Å². The van der Waals surface area contributed by atoms with Gasteiger partial charge in [0.25, 0.3) is 0 Å². The molecule has 0 fully saturated rings. The second-order valence-corrected chi connectivity index (χ2v) is 11.0. The summed E-state index contributed by atoms with van der Waals surface area (Å²) >= 11 is 0. The second kappa shape index (κ2) is 14.8. The van der Waals surface area contributed by atoms with Crippen LogP contribution in [0.15, 0.2) is 36.4 Å². The molecular formula is C30H18F18O6. The van der Waals surface area contributed by atoms with Crippen LogP contribution in [0.5, 0.6) is 34.5 Å². The summed E-state index contributed by atoms with van der Waals surface area (Å²) in [5, 5.41) is -3.09. The molecule has 24 heteroatoms. The van der Waals surface area contributed by atoms with Crippen LogP contribution in [-0.2, 0) is 0 Å². The fraction of sp³-hybridized carbons (Fsp3) is 0.400. The lowest BCUT2D eigenvalue weighted by Gasteiger charge is -2.21. The summed E-state index contributed by atoms with van der Waals surface area (Å²) < 4.78 is 264.